The second-order valence-electron chi connectivity index (χ2n) is 6.42. The number of hydrogen-bond donors (Lipinski definition) is 1. The second-order valence-corrected chi connectivity index (χ2v) is 8.61. The fourth-order valence-electron chi connectivity index (χ4n) is 2.97. The van der Waals surface area contributed by atoms with Crippen LogP contribution >= 0.6 is 11.6 Å². The summed E-state index contributed by atoms with van der Waals surface area (Å²) in [5.41, 5.74) is 0.607. The van der Waals surface area contributed by atoms with Crippen molar-refractivity contribution < 1.29 is 32.5 Å². The highest BCUT2D eigenvalue weighted by Crippen LogP contribution is 2.34. The molecule has 1 unspecified atom stereocenters. The molecule has 0 bridgehead atoms. The molecule has 1 heterocycles. The Balaban J connectivity index is 2.22. The van der Waals surface area contributed by atoms with Gasteiger partial charge in [0.05, 0.1) is 32.0 Å². The van der Waals surface area contributed by atoms with Crippen molar-refractivity contribution in [3.63, 3.8) is 0 Å². The molecule has 0 amide bonds. The van der Waals surface area contributed by atoms with Crippen molar-refractivity contribution in [2.24, 2.45) is 0 Å². The lowest BCUT2D eigenvalue weighted by Gasteiger charge is -2.16. The van der Waals surface area contributed by atoms with Crippen molar-refractivity contribution in [2.45, 2.75) is 24.5 Å². The van der Waals surface area contributed by atoms with Crippen LogP contribution in [-0.2, 0) is 26.2 Å². The number of methoxy groups -OCH3 is 2. The van der Waals surface area contributed by atoms with Crippen molar-refractivity contribution in [1.82, 2.24) is 3.97 Å². The quantitative estimate of drug-likeness (QED) is 0.556. The minimum absolute atomic E-state index is 0.107. The van der Waals surface area contributed by atoms with E-state index in [0.717, 1.165) is 3.97 Å². The van der Waals surface area contributed by atoms with Gasteiger partial charge in [-0.05, 0) is 43.3 Å². The van der Waals surface area contributed by atoms with Gasteiger partial charge >= 0.3 is 5.97 Å². The topological polar surface area (TPSA) is 104 Å². The highest BCUT2D eigenvalue weighted by Gasteiger charge is 2.28. The van der Waals surface area contributed by atoms with Crippen molar-refractivity contribution in [3.05, 3.63) is 53.2 Å². The summed E-state index contributed by atoms with van der Waals surface area (Å²) in [7, 11) is -1.37. The lowest BCUT2D eigenvalue weighted by atomic mass is 10.2. The first-order valence-corrected chi connectivity index (χ1v) is 10.6. The zero-order valence-electron chi connectivity index (χ0n) is 16.5. The van der Waals surface area contributed by atoms with Gasteiger partial charge in [-0.3, -0.25) is 0 Å². The van der Waals surface area contributed by atoms with Gasteiger partial charge in [0.25, 0.3) is 10.0 Å². The summed E-state index contributed by atoms with van der Waals surface area (Å²) in [6.07, 6.45) is -1.12. The van der Waals surface area contributed by atoms with Gasteiger partial charge in [0.15, 0.2) is 6.10 Å². The molecule has 0 saturated carbocycles. The molecule has 3 aromatic rings. The first kappa shape index (κ1) is 21.9. The van der Waals surface area contributed by atoms with E-state index in [1.807, 2.05) is 0 Å². The van der Waals surface area contributed by atoms with Crippen LogP contribution in [0.5, 0.6) is 11.5 Å². The summed E-state index contributed by atoms with van der Waals surface area (Å²) in [5, 5.41) is 10.1. The van der Waals surface area contributed by atoms with Gasteiger partial charge in [0.1, 0.15) is 16.4 Å². The first-order chi connectivity index (χ1) is 14.2. The number of rotatable bonds is 8. The molecule has 30 heavy (non-hydrogen) atoms. The Morgan fingerprint density at radius 1 is 1.13 bits per heavy atom. The van der Waals surface area contributed by atoms with Crippen LogP contribution in [0.15, 0.2) is 47.4 Å². The molecule has 8 nitrogen and oxygen atoms in total. The SMILES string of the molecule is COc1ccc(OC)c(S(=O)(=O)n2c(COC(C)C(=O)O)cc3cc(Cl)ccc32)c1. The average Bonchev–Trinajstić information content (AvgIpc) is 3.09. The van der Waals surface area contributed by atoms with E-state index in [-0.39, 0.29) is 22.9 Å². The Kier molecular flexibility index (Phi) is 6.25. The molecule has 1 aromatic heterocycles. The zero-order valence-corrected chi connectivity index (χ0v) is 18.0. The molecule has 1 atom stereocenters. The summed E-state index contributed by atoms with van der Waals surface area (Å²) >= 11 is 6.06. The molecule has 0 aliphatic heterocycles. The number of nitrogens with zero attached hydrogens (tertiary/aromatic N) is 1. The van der Waals surface area contributed by atoms with E-state index >= 15 is 0 Å². The number of carboxylic acids is 1. The normalized spacial score (nSPS) is 12.7. The van der Waals surface area contributed by atoms with Crippen LogP contribution in [-0.4, -0.2) is 43.8 Å². The molecule has 0 aliphatic rings. The summed E-state index contributed by atoms with van der Waals surface area (Å²) in [4.78, 5) is 11.0. The van der Waals surface area contributed by atoms with Crippen LogP contribution in [0.25, 0.3) is 10.9 Å². The Morgan fingerprint density at radius 2 is 1.87 bits per heavy atom. The number of aromatic nitrogens is 1. The molecule has 160 valence electrons. The van der Waals surface area contributed by atoms with Crippen LogP contribution in [0.4, 0.5) is 0 Å². The van der Waals surface area contributed by atoms with Crippen molar-refractivity contribution >= 4 is 38.5 Å². The Labute approximate surface area is 178 Å². The van der Waals surface area contributed by atoms with Crippen LogP contribution in [0.3, 0.4) is 0 Å². The van der Waals surface area contributed by atoms with E-state index in [1.54, 1.807) is 30.3 Å². The molecule has 3 rings (SSSR count). The molecule has 1 N–H and O–H groups in total. The van der Waals surface area contributed by atoms with Crippen LogP contribution in [0, 0.1) is 0 Å². The van der Waals surface area contributed by atoms with E-state index in [9.17, 15) is 13.2 Å². The Hall–Kier alpha value is -2.75. The molecule has 0 radical (unpaired) electrons. The van der Waals surface area contributed by atoms with Crippen molar-refractivity contribution in [3.8, 4) is 11.5 Å². The maximum absolute atomic E-state index is 13.7. The van der Waals surface area contributed by atoms with E-state index in [0.29, 0.717) is 21.7 Å². The highest BCUT2D eigenvalue weighted by atomic mass is 35.5. The number of hydrogen-bond acceptors (Lipinski definition) is 6. The number of carbonyl (C=O) groups is 1. The minimum atomic E-state index is -4.17. The Bertz CT molecular complexity index is 1200. The summed E-state index contributed by atoms with van der Waals surface area (Å²) in [5.74, 6) is -0.679. The van der Waals surface area contributed by atoms with Gasteiger partial charge in [0.2, 0.25) is 0 Å². The number of benzene rings is 2. The fraction of sp³-hybridized carbons (Fsp3) is 0.250. The monoisotopic (exact) mass is 453 g/mol. The molecular formula is C20H20ClNO7S. The second kappa shape index (κ2) is 8.55. The first-order valence-electron chi connectivity index (χ1n) is 8.81. The largest absolute Gasteiger partial charge is 0.497 e. The smallest absolute Gasteiger partial charge is 0.332 e. The number of halogens is 1. The Morgan fingerprint density at radius 3 is 2.50 bits per heavy atom. The number of aliphatic carboxylic acids is 1. The van der Waals surface area contributed by atoms with E-state index < -0.39 is 22.1 Å². The summed E-state index contributed by atoms with van der Waals surface area (Å²) < 4.78 is 44.2. The van der Waals surface area contributed by atoms with Gasteiger partial charge in [0, 0.05) is 16.5 Å². The van der Waals surface area contributed by atoms with E-state index in [4.69, 9.17) is 30.9 Å². The minimum Gasteiger partial charge on any atom is -0.497 e. The lowest BCUT2D eigenvalue weighted by Crippen LogP contribution is -2.22. The van der Waals surface area contributed by atoms with Crippen molar-refractivity contribution in [1.29, 1.82) is 0 Å². The number of carboxylic acid groups (broad SMARTS) is 1. The van der Waals surface area contributed by atoms with Gasteiger partial charge < -0.3 is 19.3 Å². The highest BCUT2D eigenvalue weighted by molar-refractivity contribution is 7.90. The van der Waals surface area contributed by atoms with Crippen LogP contribution in [0.1, 0.15) is 12.6 Å². The van der Waals surface area contributed by atoms with Gasteiger partial charge in [-0.15, -0.1) is 0 Å². The van der Waals surface area contributed by atoms with Crippen LogP contribution in [0.2, 0.25) is 5.02 Å². The van der Waals surface area contributed by atoms with Gasteiger partial charge in [-0.1, -0.05) is 11.6 Å². The average molecular weight is 454 g/mol. The standard InChI is InChI=1S/C20H20ClNO7S/c1-12(20(23)24)29-11-15-9-13-8-14(21)4-6-17(13)22(15)30(25,26)19-10-16(27-2)5-7-18(19)28-3/h4-10,12H,11H2,1-3H3,(H,23,24). The lowest BCUT2D eigenvalue weighted by molar-refractivity contribution is -0.149. The third-order valence-corrected chi connectivity index (χ3v) is 6.53. The summed E-state index contributed by atoms with van der Waals surface area (Å²) in [6.45, 7) is 1.12. The predicted octanol–water partition coefficient (Wildman–Crippen LogP) is 3.54. The van der Waals surface area contributed by atoms with Crippen LogP contribution < -0.4 is 9.47 Å². The fourth-order valence-corrected chi connectivity index (χ4v) is 4.86. The third kappa shape index (κ3) is 4.09. The van der Waals surface area contributed by atoms with Gasteiger partial charge in [-0.25, -0.2) is 17.2 Å². The third-order valence-electron chi connectivity index (χ3n) is 4.51. The zero-order chi connectivity index (χ0) is 22.1. The summed E-state index contributed by atoms with van der Waals surface area (Å²) in [6, 6.07) is 10.8. The van der Waals surface area contributed by atoms with Gasteiger partial charge in [-0.2, -0.15) is 0 Å². The maximum atomic E-state index is 13.7. The molecule has 0 spiro atoms. The molecular weight excluding hydrogens is 434 g/mol. The molecule has 0 fully saturated rings. The number of ether oxygens (including phenoxy) is 3. The molecule has 0 aliphatic carbocycles. The molecule has 10 heteroatoms. The van der Waals surface area contributed by atoms with E-state index in [1.165, 1.54) is 33.3 Å². The van der Waals surface area contributed by atoms with Crippen molar-refractivity contribution in [2.75, 3.05) is 14.2 Å². The molecule has 2 aromatic carbocycles. The van der Waals surface area contributed by atoms with E-state index in [2.05, 4.69) is 0 Å². The molecule has 0 saturated heterocycles. The maximum Gasteiger partial charge on any atom is 0.332 e. The number of fused-ring (bicyclic) bond motifs is 1. The predicted molar refractivity (Wildman–Crippen MR) is 111 cm³/mol.